The van der Waals surface area contributed by atoms with E-state index in [9.17, 15) is 4.79 Å². The van der Waals surface area contributed by atoms with E-state index in [0.717, 1.165) is 41.1 Å². The molecule has 53 heavy (non-hydrogen) atoms. The first-order chi connectivity index (χ1) is 26.1. The number of aromatic nitrogens is 6. The van der Waals surface area contributed by atoms with Gasteiger partial charge in [-0.3, -0.25) is 9.88 Å². The fourth-order valence-electron chi connectivity index (χ4n) is 6.53. The molecule has 0 N–H and O–H groups in total. The first kappa shape index (κ1) is 32.5. The second-order valence-corrected chi connectivity index (χ2v) is 13.3. The Labute approximate surface area is 307 Å². The number of piperazine rings is 1. The molecule has 0 saturated carbocycles. The van der Waals surface area contributed by atoms with E-state index in [4.69, 9.17) is 23.5 Å². The number of hydrogen-bond donors (Lipinski definition) is 0. The molecule has 5 heterocycles. The van der Waals surface area contributed by atoms with Gasteiger partial charge in [-0.1, -0.05) is 91.0 Å². The zero-order chi connectivity index (χ0) is 35.6. The number of para-hydroxylation sites is 2. The van der Waals surface area contributed by atoms with Gasteiger partial charge in [0.2, 0.25) is 11.1 Å². The summed E-state index contributed by atoms with van der Waals surface area (Å²) in [5.74, 6) is 1.05. The van der Waals surface area contributed by atoms with Crippen molar-refractivity contribution in [1.29, 1.82) is 0 Å². The molecule has 0 bridgehead atoms. The van der Waals surface area contributed by atoms with Crippen LogP contribution in [0, 0.1) is 0 Å². The maximum Gasteiger partial charge on any atom is 0.349 e. The van der Waals surface area contributed by atoms with Crippen LogP contribution in [0.15, 0.2) is 152 Å². The third kappa shape index (κ3) is 6.82. The van der Waals surface area contributed by atoms with Crippen LogP contribution in [-0.4, -0.2) is 61.2 Å². The second-order valence-electron chi connectivity index (χ2n) is 12.3. The molecule has 13 heteroatoms. The lowest BCUT2D eigenvalue weighted by Gasteiger charge is -2.39. The Morgan fingerprint density at radius 1 is 0.717 bits per heavy atom. The van der Waals surface area contributed by atoms with Gasteiger partial charge in [0, 0.05) is 54.9 Å². The molecule has 0 atom stereocenters. The summed E-state index contributed by atoms with van der Waals surface area (Å²) in [7, 11) is 0. The van der Waals surface area contributed by atoms with Gasteiger partial charge >= 0.3 is 11.6 Å². The molecule has 260 valence electrons. The summed E-state index contributed by atoms with van der Waals surface area (Å²) >= 11 is 1.05. The van der Waals surface area contributed by atoms with Crippen molar-refractivity contribution in [3.63, 3.8) is 0 Å². The second kappa shape index (κ2) is 14.3. The molecule has 12 nitrogen and oxygen atoms in total. The fraction of sp³-hybridized carbons (Fsp3) is 0.125. The number of fused-ring (bicyclic) bond motifs is 2. The summed E-state index contributed by atoms with van der Waals surface area (Å²) in [6.07, 6.45) is 1.69. The molecule has 0 aliphatic carbocycles. The summed E-state index contributed by atoms with van der Waals surface area (Å²) in [4.78, 5) is 36.1. The van der Waals surface area contributed by atoms with Crippen molar-refractivity contribution >= 4 is 39.6 Å². The summed E-state index contributed by atoms with van der Waals surface area (Å²) in [5.41, 5.74) is 3.33. The molecule has 1 saturated heterocycles. The number of benzene rings is 4. The Morgan fingerprint density at radius 2 is 1.43 bits per heavy atom. The molecule has 1 aliphatic heterocycles. The van der Waals surface area contributed by atoms with Crippen LogP contribution in [0.4, 0.5) is 5.95 Å². The highest BCUT2D eigenvalue weighted by atomic mass is 32.2. The number of ether oxygens (including phenoxy) is 1. The normalized spacial score (nSPS) is 13.6. The number of hydrogen-bond acceptors (Lipinski definition) is 13. The topological polar surface area (TPSA) is 136 Å². The van der Waals surface area contributed by atoms with Crippen molar-refractivity contribution in [2.75, 3.05) is 31.1 Å². The number of rotatable bonds is 9. The highest BCUT2D eigenvalue weighted by molar-refractivity contribution is 7.98. The molecular weight excluding hydrogens is 689 g/mol. The Balaban J connectivity index is 1.02. The van der Waals surface area contributed by atoms with E-state index in [-0.39, 0.29) is 33.9 Å². The summed E-state index contributed by atoms with van der Waals surface area (Å²) in [6, 6.07) is 39.8. The van der Waals surface area contributed by atoms with Crippen LogP contribution in [-0.2, 0) is 0 Å². The van der Waals surface area contributed by atoms with E-state index in [2.05, 4.69) is 78.5 Å². The van der Waals surface area contributed by atoms with E-state index in [0.29, 0.717) is 30.4 Å². The molecule has 0 unspecified atom stereocenters. The standard InChI is InChI=1S/C40H30N8O4S/c49-36-30(25-28-15-7-10-18-32(28)50-36)35-45-46-40(52-35)53-39-43-37(42-38(44-39)51-33-19-20-41-31-17-9-8-16-29(31)33)48-23-21-47(22-24-48)34(26-11-3-1-4-12-26)27-13-5-2-6-14-27/h1-20,25,34H,21-24H2. The highest BCUT2D eigenvalue weighted by Crippen LogP contribution is 2.34. The first-order valence-corrected chi connectivity index (χ1v) is 17.9. The van der Waals surface area contributed by atoms with Crippen LogP contribution in [0.5, 0.6) is 11.8 Å². The van der Waals surface area contributed by atoms with Crippen LogP contribution in [0.3, 0.4) is 0 Å². The molecule has 8 aromatic rings. The molecule has 9 rings (SSSR count). The smallest absolute Gasteiger partial charge is 0.349 e. The van der Waals surface area contributed by atoms with Crippen molar-refractivity contribution in [2.45, 2.75) is 16.4 Å². The minimum absolute atomic E-state index is 0.0310. The van der Waals surface area contributed by atoms with Crippen molar-refractivity contribution < 1.29 is 13.6 Å². The zero-order valence-electron chi connectivity index (χ0n) is 28.1. The lowest BCUT2D eigenvalue weighted by atomic mass is 9.96. The Hall–Kier alpha value is -6.44. The minimum atomic E-state index is -0.576. The van der Waals surface area contributed by atoms with E-state index in [1.54, 1.807) is 30.5 Å². The Kier molecular flexibility index (Phi) is 8.75. The fourth-order valence-corrected chi connectivity index (χ4v) is 7.14. The van der Waals surface area contributed by atoms with Gasteiger partial charge in [0.15, 0.2) is 0 Å². The molecule has 0 radical (unpaired) electrons. The van der Waals surface area contributed by atoms with Crippen LogP contribution in [0.1, 0.15) is 17.2 Å². The van der Waals surface area contributed by atoms with Crippen LogP contribution >= 0.6 is 11.8 Å². The molecule has 1 aliphatic rings. The van der Waals surface area contributed by atoms with Gasteiger partial charge in [0.05, 0.1) is 11.6 Å². The van der Waals surface area contributed by atoms with E-state index in [1.165, 1.54) is 11.1 Å². The zero-order valence-corrected chi connectivity index (χ0v) is 29.0. The Morgan fingerprint density at radius 3 is 2.23 bits per heavy atom. The van der Waals surface area contributed by atoms with Crippen molar-refractivity contribution in [1.82, 2.24) is 35.0 Å². The van der Waals surface area contributed by atoms with Crippen molar-refractivity contribution in [3.8, 4) is 23.2 Å². The molecule has 0 amide bonds. The van der Waals surface area contributed by atoms with Crippen molar-refractivity contribution in [3.05, 3.63) is 149 Å². The molecular formula is C40H30N8O4S. The molecule has 4 aromatic heterocycles. The average Bonchev–Trinajstić information content (AvgIpc) is 3.67. The third-order valence-electron chi connectivity index (χ3n) is 9.04. The van der Waals surface area contributed by atoms with Gasteiger partial charge in [0.25, 0.3) is 11.1 Å². The average molecular weight is 719 g/mol. The van der Waals surface area contributed by atoms with Crippen LogP contribution in [0.2, 0.25) is 0 Å². The lowest BCUT2D eigenvalue weighted by molar-refractivity contribution is 0.211. The third-order valence-corrected chi connectivity index (χ3v) is 9.75. The predicted octanol–water partition coefficient (Wildman–Crippen LogP) is 7.43. The van der Waals surface area contributed by atoms with Gasteiger partial charge in [-0.25, -0.2) is 4.79 Å². The van der Waals surface area contributed by atoms with E-state index >= 15 is 0 Å². The van der Waals surface area contributed by atoms with Gasteiger partial charge in [0.1, 0.15) is 16.9 Å². The van der Waals surface area contributed by atoms with E-state index in [1.807, 2.05) is 48.5 Å². The minimum Gasteiger partial charge on any atom is -0.423 e. The van der Waals surface area contributed by atoms with Gasteiger partial charge in [-0.2, -0.15) is 15.0 Å². The molecule has 0 spiro atoms. The van der Waals surface area contributed by atoms with Gasteiger partial charge in [-0.05, 0) is 41.5 Å². The molecule has 1 fully saturated rings. The SMILES string of the molecule is O=c1oc2ccccc2cc1-c1nnc(Sc2nc(Oc3ccnc4ccccc34)nc(N3CCN(C(c4ccccc4)c4ccccc4)CC3)n2)o1. The largest absolute Gasteiger partial charge is 0.423 e. The van der Waals surface area contributed by atoms with Crippen LogP contribution < -0.4 is 15.3 Å². The lowest BCUT2D eigenvalue weighted by Crippen LogP contribution is -2.48. The maximum absolute atomic E-state index is 12.8. The number of pyridine rings is 1. The van der Waals surface area contributed by atoms with Gasteiger partial charge < -0.3 is 18.5 Å². The summed E-state index contributed by atoms with van der Waals surface area (Å²) in [5, 5.41) is 10.3. The van der Waals surface area contributed by atoms with Crippen molar-refractivity contribution in [2.24, 2.45) is 0 Å². The molecule has 4 aromatic carbocycles. The Bertz CT molecular complexity index is 2550. The highest BCUT2D eigenvalue weighted by Gasteiger charge is 2.28. The van der Waals surface area contributed by atoms with E-state index < -0.39 is 5.63 Å². The quantitative estimate of drug-likeness (QED) is 0.137. The number of nitrogens with zero attached hydrogens (tertiary/aromatic N) is 8. The maximum atomic E-state index is 12.8. The first-order valence-electron chi connectivity index (χ1n) is 17.1. The van der Waals surface area contributed by atoms with Crippen LogP contribution in [0.25, 0.3) is 33.3 Å². The monoisotopic (exact) mass is 718 g/mol. The van der Waals surface area contributed by atoms with Gasteiger partial charge in [-0.15, -0.1) is 10.2 Å². The summed E-state index contributed by atoms with van der Waals surface area (Å²) < 4.78 is 17.8. The number of anilines is 1. The predicted molar refractivity (Wildman–Crippen MR) is 200 cm³/mol. The summed E-state index contributed by atoms with van der Waals surface area (Å²) in [6.45, 7) is 2.89.